The lowest BCUT2D eigenvalue weighted by molar-refractivity contribution is 0.309. The molecule has 2 aromatic carbocycles. The molecular weight excluding hydrogens is 308 g/mol. The zero-order chi connectivity index (χ0) is 15.1. The summed E-state index contributed by atoms with van der Waals surface area (Å²) in [4.78, 5) is 2.23. The van der Waals surface area contributed by atoms with Crippen LogP contribution >= 0.6 is 12.4 Å². The van der Waals surface area contributed by atoms with Crippen LogP contribution in [0.5, 0.6) is 5.75 Å². The second-order valence-corrected chi connectivity index (χ2v) is 6.14. The van der Waals surface area contributed by atoms with Crippen LogP contribution < -0.4 is 4.74 Å². The first-order valence-corrected chi connectivity index (χ1v) is 7.73. The van der Waals surface area contributed by atoms with Crippen LogP contribution in [-0.2, 0) is 13.0 Å². The summed E-state index contributed by atoms with van der Waals surface area (Å²) in [6, 6.07) is 17.1. The van der Waals surface area contributed by atoms with E-state index in [0.29, 0.717) is 6.61 Å². The maximum absolute atomic E-state index is 6.03. The summed E-state index contributed by atoms with van der Waals surface area (Å²) in [5.74, 6) is 0.960. The van der Waals surface area contributed by atoms with Crippen molar-refractivity contribution in [2.24, 2.45) is 0 Å². The van der Waals surface area contributed by atoms with E-state index in [4.69, 9.17) is 4.74 Å². The summed E-state index contributed by atoms with van der Waals surface area (Å²) in [7, 11) is 4.24. The van der Waals surface area contributed by atoms with Crippen LogP contribution in [0, 0.1) is 0 Å². The van der Waals surface area contributed by atoms with E-state index in [9.17, 15) is 0 Å². The van der Waals surface area contributed by atoms with Crippen molar-refractivity contribution in [1.82, 2.24) is 9.47 Å². The molecule has 0 saturated carbocycles. The number of fused-ring (bicyclic) bond motifs is 2. The molecule has 23 heavy (non-hydrogen) atoms. The lowest BCUT2D eigenvalue weighted by Crippen LogP contribution is -2.16. The Balaban J connectivity index is 0.00000156. The first kappa shape index (κ1) is 15.9. The summed E-state index contributed by atoms with van der Waals surface area (Å²) in [5, 5.41) is 1.30. The van der Waals surface area contributed by atoms with Crippen molar-refractivity contribution in [1.29, 1.82) is 0 Å². The van der Waals surface area contributed by atoms with Gasteiger partial charge in [0.05, 0.1) is 11.2 Å². The first-order chi connectivity index (χ1) is 10.7. The third-order valence-corrected chi connectivity index (χ3v) is 4.29. The largest absolute Gasteiger partial charge is 0.487 e. The number of hydrogen-bond acceptors (Lipinski definition) is 2. The third-order valence-electron chi connectivity index (χ3n) is 4.29. The van der Waals surface area contributed by atoms with E-state index in [0.717, 1.165) is 24.4 Å². The van der Waals surface area contributed by atoms with Gasteiger partial charge in [0.15, 0.2) is 0 Å². The highest BCUT2D eigenvalue weighted by Crippen LogP contribution is 2.35. The zero-order valence-corrected chi connectivity index (χ0v) is 14.3. The average Bonchev–Trinajstić information content (AvgIpc) is 2.80. The van der Waals surface area contributed by atoms with Crippen molar-refractivity contribution < 1.29 is 4.74 Å². The van der Waals surface area contributed by atoms with E-state index in [1.54, 1.807) is 0 Å². The second kappa shape index (κ2) is 6.26. The van der Waals surface area contributed by atoms with Gasteiger partial charge in [0, 0.05) is 29.6 Å². The first-order valence-electron chi connectivity index (χ1n) is 7.73. The predicted molar refractivity (Wildman–Crippen MR) is 97.1 cm³/mol. The van der Waals surface area contributed by atoms with Crippen molar-refractivity contribution in [2.75, 3.05) is 20.6 Å². The smallest absolute Gasteiger partial charge is 0.143 e. The number of aromatic nitrogens is 1. The summed E-state index contributed by atoms with van der Waals surface area (Å²) in [6.45, 7) is 1.67. The normalized spacial score (nSPS) is 12.5. The molecule has 0 amide bonds. The van der Waals surface area contributed by atoms with Crippen molar-refractivity contribution in [3.63, 3.8) is 0 Å². The quantitative estimate of drug-likeness (QED) is 0.721. The lowest BCUT2D eigenvalue weighted by atomic mass is 10.1. The number of halogens is 1. The fraction of sp³-hybridized carbons (Fsp3) is 0.263. The van der Waals surface area contributed by atoms with Crippen molar-refractivity contribution in [3.8, 4) is 11.4 Å². The Labute approximate surface area is 142 Å². The van der Waals surface area contributed by atoms with Crippen LogP contribution in [0.3, 0.4) is 0 Å². The van der Waals surface area contributed by atoms with E-state index in [1.165, 1.54) is 22.2 Å². The average molecular weight is 329 g/mol. The molecule has 2 heterocycles. The van der Waals surface area contributed by atoms with Gasteiger partial charge >= 0.3 is 0 Å². The van der Waals surface area contributed by atoms with E-state index in [2.05, 4.69) is 66.0 Å². The fourth-order valence-electron chi connectivity index (χ4n) is 3.22. The van der Waals surface area contributed by atoms with Gasteiger partial charge in [0.2, 0.25) is 0 Å². The summed E-state index contributed by atoms with van der Waals surface area (Å²) >= 11 is 0. The minimum absolute atomic E-state index is 0. The van der Waals surface area contributed by atoms with Gasteiger partial charge in [0.25, 0.3) is 0 Å². The van der Waals surface area contributed by atoms with Gasteiger partial charge in [-0.2, -0.15) is 0 Å². The van der Waals surface area contributed by atoms with Crippen LogP contribution in [0.4, 0.5) is 0 Å². The molecule has 1 aliphatic heterocycles. The van der Waals surface area contributed by atoms with Gasteiger partial charge in [-0.05, 0) is 32.3 Å². The number of para-hydroxylation sites is 3. The Kier molecular flexibility index (Phi) is 4.33. The highest BCUT2D eigenvalue weighted by atomic mass is 35.5. The Hall–Kier alpha value is -1.97. The number of benzene rings is 2. The van der Waals surface area contributed by atoms with E-state index in [1.807, 2.05) is 6.07 Å². The molecule has 3 nitrogen and oxygen atoms in total. The lowest BCUT2D eigenvalue weighted by Gasteiger charge is -2.14. The van der Waals surface area contributed by atoms with Crippen LogP contribution in [0.25, 0.3) is 16.6 Å². The molecule has 0 fully saturated rings. The highest BCUT2D eigenvalue weighted by molar-refractivity contribution is 5.87. The summed E-state index contributed by atoms with van der Waals surface area (Å²) in [5.41, 5.74) is 5.04. The van der Waals surface area contributed by atoms with Gasteiger partial charge in [-0.1, -0.05) is 30.3 Å². The maximum atomic E-state index is 6.03. The third kappa shape index (κ3) is 2.71. The Bertz CT molecular complexity index is 839. The summed E-state index contributed by atoms with van der Waals surface area (Å²) in [6.07, 6.45) is 1.02. The molecule has 1 aromatic heterocycles. The van der Waals surface area contributed by atoms with Crippen LogP contribution in [0.2, 0.25) is 0 Å². The predicted octanol–water partition coefficient (Wildman–Crippen LogP) is 4.05. The van der Waals surface area contributed by atoms with Gasteiger partial charge in [-0.15, -0.1) is 12.4 Å². The number of hydrogen-bond donors (Lipinski definition) is 0. The topological polar surface area (TPSA) is 17.4 Å². The molecule has 0 saturated heterocycles. The molecule has 0 spiro atoms. The van der Waals surface area contributed by atoms with Crippen LogP contribution in [0.1, 0.15) is 11.3 Å². The van der Waals surface area contributed by atoms with E-state index in [-0.39, 0.29) is 12.4 Å². The molecule has 3 aromatic rings. The van der Waals surface area contributed by atoms with Gasteiger partial charge < -0.3 is 14.2 Å². The summed E-state index contributed by atoms with van der Waals surface area (Å²) < 4.78 is 8.41. The minimum Gasteiger partial charge on any atom is -0.487 e. The second-order valence-electron chi connectivity index (χ2n) is 6.14. The van der Waals surface area contributed by atoms with Crippen LogP contribution in [0.15, 0.2) is 48.5 Å². The Morgan fingerprint density at radius 3 is 2.74 bits per heavy atom. The molecule has 0 bridgehead atoms. The van der Waals surface area contributed by atoms with Crippen molar-refractivity contribution in [2.45, 2.75) is 13.0 Å². The van der Waals surface area contributed by atoms with E-state index < -0.39 is 0 Å². The molecule has 0 unspecified atom stereocenters. The van der Waals surface area contributed by atoms with Gasteiger partial charge in [-0.3, -0.25) is 0 Å². The monoisotopic (exact) mass is 328 g/mol. The molecular formula is C19H21ClN2O. The number of nitrogens with zero attached hydrogens (tertiary/aromatic N) is 2. The minimum atomic E-state index is 0. The van der Waals surface area contributed by atoms with E-state index >= 15 is 0 Å². The molecule has 1 aliphatic rings. The van der Waals surface area contributed by atoms with Gasteiger partial charge in [-0.25, -0.2) is 0 Å². The SMILES string of the molecule is CN(C)CCc1cc2cccc3c2n1-c1ccccc1OC3.Cl. The Morgan fingerprint density at radius 2 is 1.91 bits per heavy atom. The molecule has 0 aliphatic carbocycles. The number of likely N-dealkylation sites (N-methyl/N-ethyl adjacent to an activating group) is 1. The molecule has 4 heteroatoms. The number of ether oxygens (including phenoxy) is 1. The molecule has 0 radical (unpaired) electrons. The van der Waals surface area contributed by atoms with Crippen LogP contribution in [-0.4, -0.2) is 30.1 Å². The number of rotatable bonds is 3. The Morgan fingerprint density at radius 1 is 1.09 bits per heavy atom. The highest BCUT2D eigenvalue weighted by Gasteiger charge is 2.19. The molecule has 0 atom stereocenters. The van der Waals surface area contributed by atoms with Gasteiger partial charge in [0.1, 0.15) is 12.4 Å². The molecule has 4 rings (SSSR count). The molecule has 120 valence electrons. The molecule has 0 N–H and O–H groups in total. The maximum Gasteiger partial charge on any atom is 0.143 e. The fourth-order valence-corrected chi connectivity index (χ4v) is 3.22. The van der Waals surface area contributed by atoms with Crippen molar-refractivity contribution >= 4 is 23.3 Å². The standard InChI is InChI=1S/C19H20N2O.ClH/c1-20(2)11-10-16-12-14-6-5-7-15-13-22-18-9-4-3-8-17(18)21(16)19(14)15;/h3-9,12H,10-11,13H2,1-2H3;1H. The van der Waals surface area contributed by atoms with Crippen molar-refractivity contribution in [3.05, 3.63) is 59.8 Å². The zero-order valence-electron chi connectivity index (χ0n) is 13.5.